The van der Waals surface area contributed by atoms with E-state index in [0.717, 1.165) is 24.2 Å². The molecule has 1 aliphatic heterocycles. The number of nitrogens with zero attached hydrogens (tertiary/aromatic N) is 3. The van der Waals surface area contributed by atoms with Gasteiger partial charge in [0, 0.05) is 31.1 Å². The van der Waals surface area contributed by atoms with Crippen LogP contribution in [0.5, 0.6) is 0 Å². The molecule has 1 saturated heterocycles. The molecule has 0 saturated carbocycles. The Morgan fingerprint density at radius 2 is 1.96 bits per heavy atom. The van der Waals surface area contributed by atoms with Crippen LogP contribution in [0.25, 0.3) is 0 Å². The monoisotopic (exact) mass is 343 g/mol. The van der Waals surface area contributed by atoms with Crippen LogP contribution in [0.1, 0.15) is 24.0 Å². The van der Waals surface area contributed by atoms with Gasteiger partial charge in [0.25, 0.3) is 5.69 Å². The minimum atomic E-state index is -0.503. The van der Waals surface area contributed by atoms with E-state index in [2.05, 4.69) is 22.0 Å². The average Bonchev–Trinajstić information content (AvgIpc) is 3.09. The summed E-state index contributed by atoms with van der Waals surface area (Å²) in [6.07, 6.45) is 4.23. The Hall–Kier alpha value is -2.40. The Bertz CT molecular complexity index is 799. The van der Waals surface area contributed by atoms with Crippen LogP contribution in [0.3, 0.4) is 0 Å². The Balaban J connectivity index is 1.81. The van der Waals surface area contributed by atoms with Crippen LogP contribution in [0.4, 0.5) is 17.1 Å². The van der Waals surface area contributed by atoms with E-state index in [9.17, 15) is 10.1 Å². The minimum absolute atomic E-state index is 0.116. The van der Waals surface area contributed by atoms with Gasteiger partial charge in [0.15, 0.2) is 0 Å². The van der Waals surface area contributed by atoms with E-state index in [0.29, 0.717) is 5.69 Å². The van der Waals surface area contributed by atoms with Crippen LogP contribution in [0.15, 0.2) is 41.4 Å². The van der Waals surface area contributed by atoms with Gasteiger partial charge in [0.2, 0.25) is 0 Å². The largest absolute Gasteiger partial charge is 0.372 e. The molecule has 6 heteroatoms. The van der Waals surface area contributed by atoms with Crippen molar-refractivity contribution in [2.45, 2.75) is 19.8 Å². The van der Waals surface area contributed by atoms with Crippen molar-refractivity contribution < 1.29 is 4.92 Å². The summed E-state index contributed by atoms with van der Waals surface area (Å²) in [4.78, 5) is 17.2. The molecule has 5 nitrogen and oxygen atoms in total. The zero-order chi connectivity index (χ0) is 17.1. The van der Waals surface area contributed by atoms with E-state index in [4.69, 9.17) is 11.6 Å². The molecule has 3 rings (SSSR count). The zero-order valence-corrected chi connectivity index (χ0v) is 14.2. The summed E-state index contributed by atoms with van der Waals surface area (Å²) >= 11 is 5.82. The molecule has 0 N–H and O–H groups in total. The molecule has 0 amide bonds. The second-order valence-electron chi connectivity index (χ2n) is 5.89. The first-order chi connectivity index (χ1) is 11.5. The summed E-state index contributed by atoms with van der Waals surface area (Å²) in [5.74, 6) is 0. The number of benzene rings is 2. The Labute approximate surface area is 145 Å². The van der Waals surface area contributed by atoms with Gasteiger partial charge in [-0.25, -0.2) is 0 Å². The first-order valence-electron chi connectivity index (χ1n) is 7.88. The SMILES string of the molecule is Cc1cc(N2CCCC2)ccc1C=Nc1ccc(Cl)c([N+](=O)[O-])c1. The molecule has 2 aromatic carbocycles. The number of anilines is 1. The molecule has 0 aromatic heterocycles. The van der Waals surface area contributed by atoms with Crippen molar-refractivity contribution in [1.82, 2.24) is 0 Å². The van der Waals surface area contributed by atoms with E-state index in [1.807, 2.05) is 13.0 Å². The van der Waals surface area contributed by atoms with Crippen molar-refractivity contribution in [3.63, 3.8) is 0 Å². The van der Waals surface area contributed by atoms with E-state index < -0.39 is 4.92 Å². The van der Waals surface area contributed by atoms with Gasteiger partial charge in [0.05, 0.1) is 10.6 Å². The molecule has 0 spiro atoms. The van der Waals surface area contributed by atoms with Gasteiger partial charge in [-0.1, -0.05) is 17.7 Å². The van der Waals surface area contributed by atoms with Crippen molar-refractivity contribution >= 4 is 34.9 Å². The molecule has 0 unspecified atom stereocenters. The molecule has 1 fully saturated rings. The van der Waals surface area contributed by atoms with Crippen LogP contribution >= 0.6 is 11.6 Å². The lowest BCUT2D eigenvalue weighted by molar-refractivity contribution is -0.384. The molecule has 0 aliphatic carbocycles. The predicted molar refractivity (Wildman–Crippen MR) is 98.0 cm³/mol. The molecule has 1 heterocycles. The molecule has 0 bridgehead atoms. The Kier molecular flexibility index (Phi) is 4.81. The van der Waals surface area contributed by atoms with Crippen molar-refractivity contribution in [3.8, 4) is 0 Å². The summed E-state index contributed by atoms with van der Waals surface area (Å²) in [5, 5.41) is 11.0. The second-order valence-corrected chi connectivity index (χ2v) is 6.29. The van der Waals surface area contributed by atoms with Gasteiger partial charge in [-0.3, -0.25) is 15.1 Å². The summed E-state index contributed by atoms with van der Waals surface area (Å²) < 4.78 is 0. The van der Waals surface area contributed by atoms with Gasteiger partial charge in [-0.05, 0) is 55.2 Å². The number of halogens is 1. The number of aryl methyl sites for hydroxylation is 1. The molecule has 24 heavy (non-hydrogen) atoms. The molecule has 1 aliphatic rings. The first-order valence-corrected chi connectivity index (χ1v) is 8.26. The van der Waals surface area contributed by atoms with Gasteiger partial charge >= 0.3 is 0 Å². The number of aliphatic imine (C=N–C) groups is 1. The van der Waals surface area contributed by atoms with Gasteiger partial charge in [-0.2, -0.15) is 0 Å². The van der Waals surface area contributed by atoms with Crippen LogP contribution < -0.4 is 4.90 Å². The lowest BCUT2D eigenvalue weighted by atomic mass is 10.1. The highest BCUT2D eigenvalue weighted by Crippen LogP contribution is 2.29. The number of rotatable bonds is 4. The third-order valence-electron chi connectivity index (χ3n) is 4.20. The predicted octanol–water partition coefficient (Wildman–Crippen LogP) is 4.91. The Morgan fingerprint density at radius 1 is 1.21 bits per heavy atom. The highest BCUT2D eigenvalue weighted by atomic mass is 35.5. The molecular formula is C18H18ClN3O2. The van der Waals surface area contributed by atoms with Crippen molar-refractivity contribution in [1.29, 1.82) is 0 Å². The molecule has 2 aromatic rings. The number of hydrogen-bond acceptors (Lipinski definition) is 4. The lowest BCUT2D eigenvalue weighted by Crippen LogP contribution is -2.17. The highest BCUT2D eigenvalue weighted by molar-refractivity contribution is 6.32. The quantitative estimate of drug-likeness (QED) is 0.450. The number of hydrogen-bond donors (Lipinski definition) is 0. The van der Waals surface area contributed by atoms with Crippen molar-refractivity contribution in [3.05, 3.63) is 62.7 Å². The standard InChI is InChI=1S/C18H18ClN3O2/c1-13-10-16(21-8-2-3-9-21)6-4-14(13)12-20-15-5-7-17(19)18(11-15)22(23)24/h4-7,10-12H,2-3,8-9H2,1H3. The maximum atomic E-state index is 10.9. The summed E-state index contributed by atoms with van der Waals surface area (Å²) in [6.45, 7) is 4.27. The highest BCUT2D eigenvalue weighted by Gasteiger charge is 2.13. The maximum absolute atomic E-state index is 10.9. The van der Waals surface area contributed by atoms with E-state index in [1.165, 1.54) is 30.7 Å². The Morgan fingerprint density at radius 3 is 2.62 bits per heavy atom. The van der Waals surface area contributed by atoms with E-state index in [1.54, 1.807) is 12.3 Å². The summed E-state index contributed by atoms with van der Waals surface area (Å²) in [6, 6.07) is 10.8. The summed E-state index contributed by atoms with van der Waals surface area (Å²) in [7, 11) is 0. The molecule has 0 atom stereocenters. The van der Waals surface area contributed by atoms with Gasteiger partial charge in [0.1, 0.15) is 5.02 Å². The van der Waals surface area contributed by atoms with Crippen molar-refractivity contribution in [2.24, 2.45) is 4.99 Å². The fraction of sp³-hybridized carbons (Fsp3) is 0.278. The van der Waals surface area contributed by atoms with Gasteiger partial charge < -0.3 is 4.90 Å². The molecule has 0 radical (unpaired) electrons. The zero-order valence-electron chi connectivity index (χ0n) is 13.4. The number of nitro groups is 1. The second kappa shape index (κ2) is 7.01. The van der Waals surface area contributed by atoms with Crippen LogP contribution in [0, 0.1) is 17.0 Å². The fourth-order valence-corrected chi connectivity index (χ4v) is 3.03. The third kappa shape index (κ3) is 3.57. The van der Waals surface area contributed by atoms with Crippen LogP contribution in [-0.2, 0) is 0 Å². The topological polar surface area (TPSA) is 58.7 Å². The first kappa shape index (κ1) is 16.5. The smallest absolute Gasteiger partial charge is 0.290 e. The molecule has 124 valence electrons. The minimum Gasteiger partial charge on any atom is -0.372 e. The van der Waals surface area contributed by atoms with E-state index in [-0.39, 0.29) is 10.7 Å². The average molecular weight is 344 g/mol. The number of nitro benzene ring substituents is 1. The maximum Gasteiger partial charge on any atom is 0.290 e. The lowest BCUT2D eigenvalue weighted by Gasteiger charge is -2.18. The summed E-state index contributed by atoms with van der Waals surface area (Å²) in [5.41, 5.74) is 3.74. The van der Waals surface area contributed by atoms with E-state index >= 15 is 0 Å². The van der Waals surface area contributed by atoms with Crippen LogP contribution in [-0.4, -0.2) is 24.2 Å². The van der Waals surface area contributed by atoms with Gasteiger partial charge in [-0.15, -0.1) is 0 Å². The third-order valence-corrected chi connectivity index (χ3v) is 4.52. The van der Waals surface area contributed by atoms with Crippen LogP contribution in [0.2, 0.25) is 5.02 Å². The fourth-order valence-electron chi connectivity index (χ4n) is 2.84. The normalized spacial score (nSPS) is 14.5. The molecular weight excluding hydrogens is 326 g/mol. The van der Waals surface area contributed by atoms with Crippen molar-refractivity contribution in [2.75, 3.05) is 18.0 Å².